The summed E-state index contributed by atoms with van der Waals surface area (Å²) in [4.78, 5) is 33.0. The minimum absolute atomic E-state index is 0.0532. The van der Waals surface area contributed by atoms with E-state index in [-0.39, 0.29) is 12.4 Å². The zero-order valence-electron chi connectivity index (χ0n) is 18.0. The minimum atomic E-state index is -0.469. The Labute approximate surface area is 182 Å². The van der Waals surface area contributed by atoms with Crippen LogP contribution >= 0.6 is 0 Å². The zero-order chi connectivity index (χ0) is 22.6. The van der Waals surface area contributed by atoms with Gasteiger partial charge in [0.2, 0.25) is 5.95 Å². The van der Waals surface area contributed by atoms with Crippen LogP contribution in [0.3, 0.4) is 0 Å². The predicted octanol–water partition coefficient (Wildman–Crippen LogP) is 2.55. The van der Waals surface area contributed by atoms with Gasteiger partial charge in [0, 0.05) is 20.1 Å². The van der Waals surface area contributed by atoms with Gasteiger partial charge in [0.15, 0.2) is 11.2 Å². The third-order valence-electron chi connectivity index (χ3n) is 5.88. The van der Waals surface area contributed by atoms with E-state index in [0.29, 0.717) is 41.5 Å². The van der Waals surface area contributed by atoms with Gasteiger partial charge < -0.3 is 14.2 Å². The fraction of sp³-hybridized carbons (Fsp3) is 0.261. The molecular formula is C23H22FN5O3. The van der Waals surface area contributed by atoms with E-state index in [2.05, 4.69) is 4.98 Å². The molecule has 4 aromatic rings. The monoisotopic (exact) mass is 435 g/mol. The molecule has 8 nitrogen and oxygen atoms in total. The first-order valence-electron chi connectivity index (χ1n) is 10.3. The fourth-order valence-corrected chi connectivity index (χ4v) is 4.23. The molecule has 164 valence electrons. The summed E-state index contributed by atoms with van der Waals surface area (Å²) >= 11 is 0. The molecule has 0 amide bonds. The Kier molecular flexibility index (Phi) is 4.61. The number of imidazole rings is 1. The minimum Gasteiger partial charge on any atom is -0.495 e. The summed E-state index contributed by atoms with van der Waals surface area (Å²) < 4.78 is 23.2. The molecule has 32 heavy (non-hydrogen) atoms. The SMILES string of the molecule is COc1ccc(C)cc1N1CCn2c1nc1c2c(=O)n(Cc2ccc(F)cc2)c(=O)n1C. The number of anilines is 2. The van der Waals surface area contributed by atoms with E-state index < -0.39 is 11.2 Å². The first-order valence-corrected chi connectivity index (χ1v) is 10.3. The van der Waals surface area contributed by atoms with Crippen molar-refractivity contribution >= 4 is 22.8 Å². The topological polar surface area (TPSA) is 74.3 Å². The molecule has 0 N–H and O–H groups in total. The number of hydrogen-bond acceptors (Lipinski definition) is 5. The number of methoxy groups -OCH3 is 1. The van der Waals surface area contributed by atoms with Crippen LogP contribution in [0, 0.1) is 12.7 Å². The molecular weight excluding hydrogens is 413 g/mol. The first-order chi connectivity index (χ1) is 15.4. The number of aryl methyl sites for hydroxylation is 2. The van der Waals surface area contributed by atoms with E-state index in [9.17, 15) is 14.0 Å². The number of rotatable bonds is 4. The second-order valence-corrected chi connectivity index (χ2v) is 7.92. The highest BCUT2D eigenvalue weighted by Gasteiger charge is 2.30. The average molecular weight is 435 g/mol. The van der Waals surface area contributed by atoms with Crippen LogP contribution in [0.5, 0.6) is 5.75 Å². The quantitative estimate of drug-likeness (QED) is 0.493. The Morgan fingerprint density at radius 1 is 1.09 bits per heavy atom. The Morgan fingerprint density at radius 2 is 1.84 bits per heavy atom. The molecule has 2 aromatic heterocycles. The highest BCUT2D eigenvalue weighted by atomic mass is 19.1. The maximum atomic E-state index is 13.4. The Hall–Kier alpha value is -3.88. The second kappa shape index (κ2) is 7.37. The van der Waals surface area contributed by atoms with Gasteiger partial charge in [0.05, 0.1) is 19.3 Å². The van der Waals surface area contributed by atoms with E-state index in [1.807, 2.05) is 34.6 Å². The van der Waals surface area contributed by atoms with Crippen LogP contribution in [0.4, 0.5) is 16.0 Å². The largest absolute Gasteiger partial charge is 0.495 e. The lowest BCUT2D eigenvalue weighted by molar-refractivity contribution is 0.415. The fourth-order valence-electron chi connectivity index (χ4n) is 4.23. The van der Waals surface area contributed by atoms with Gasteiger partial charge in [-0.15, -0.1) is 0 Å². The van der Waals surface area contributed by atoms with Crippen LogP contribution in [0.15, 0.2) is 52.1 Å². The van der Waals surface area contributed by atoms with Gasteiger partial charge in [0.25, 0.3) is 5.56 Å². The summed E-state index contributed by atoms with van der Waals surface area (Å²) in [5, 5.41) is 0. The normalized spacial score (nSPS) is 13.1. The first kappa shape index (κ1) is 20.0. The number of ether oxygens (including phenoxy) is 1. The van der Waals surface area contributed by atoms with Crippen molar-refractivity contribution in [3.63, 3.8) is 0 Å². The number of fused-ring (bicyclic) bond motifs is 3. The molecule has 1 aliphatic rings. The molecule has 0 radical (unpaired) electrons. The number of hydrogen-bond donors (Lipinski definition) is 0. The van der Waals surface area contributed by atoms with Crippen molar-refractivity contribution in [2.24, 2.45) is 7.05 Å². The molecule has 9 heteroatoms. The molecule has 0 unspecified atom stereocenters. The highest BCUT2D eigenvalue weighted by Crippen LogP contribution is 2.37. The lowest BCUT2D eigenvalue weighted by Crippen LogP contribution is -2.40. The molecule has 0 spiro atoms. The molecule has 0 saturated heterocycles. The molecule has 2 aromatic carbocycles. The van der Waals surface area contributed by atoms with Crippen molar-refractivity contribution in [2.45, 2.75) is 20.0 Å². The summed E-state index contributed by atoms with van der Waals surface area (Å²) in [5.74, 6) is 0.930. The summed E-state index contributed by atoms with van der Waals surface area (Å²) in [7, 11) is 3.22. The van der Waals surface area contributed by atoms with Crippen LogP contribution < -0.4 is 20.9 Å². The van der Waals surface area contributed by atoms with Crippen LogP contribution in [-0.4, -0.2) is 32.3 Å². The molecule has 0 atom stereocenters. The van der Waals surface area contributed by atoms with Crippen LogP contribution in [0.25, 0.3) is 11.2 Å². The van der Waals surface area contributed by atoms with Crippen LogP contribution in [0.2, 0.25) is 0 Å². The van der Waals surface area contributed by atoms with Crippen molar-refractivity contribution in [3.05, 3.63) is 80.2 Å². The van der Waals surface area contributed by atoms with Crippen molar-refractivity contribution in [1.82, 2.24) is 18.7 Å². The summed E-state index contributed by atoms with van der Waals surface area (Å²) in [6, 6.07) is 11.6. The van der Waals surface area contributed by atoms with Gasteiger partial charge in [-0.3, -0.25) is 13.9 Å². The van der Waals surface area contributed by atoms with Gasteiger partial charge in [0.1, 0.15) is 11.6 Å². The average Bonchev–Trinajstić information content (AvgIpc) is 3.36. The second-order valence-electron chi connectivity index (χ2n) is 7.92. The highest BCUT2D eigenvalue weighted by molar-refractivity contribution is 5.79. The Balaban J connectivity index is 1.68. The van der Waals surface area contributed by atoms with Crippen molar-refractivity contribution in [3.8, 4) is 5.75 Å². The molecule has 1 aliphatic heterocycles. The number of aromatic nitrogens is 4. The standard InChI is InChI=1S/C23H22FN5O3/c1-14-4-9-18(32-3)17(12-14)27-10-11-28-19-20(25-22(27)28)26(2)23(31)29(21(19)30)13-15-5-7-16(24)8-6-15/h4-9,12H,10-11,13H2,1-3H3. The molecule has 0 bridgehead atoms. The van der Waals surface area contributed by atoms with E-state index in [1.165, 1.54) is 21.3 Å². The Morgan fingerprint density at radius 3 is 2.56 bits per heavy atom. The third-order valence-corrected chi connectivity index (χ3v) is 5.88. The maximum absolute atomic E-state index is 13.4. The van der Waals surface area contributed by atoms with Gasteiger partial charge in [-0.05, 0) is 42.3 Å². The number of halogens is 1. The summed E-state index contributed by atoms with van der Waals surface area (Å²) in [6.07, 6.45) is 0. The van der Waals surface area contributed by atoms with Gasteiger partial charge in [-0.1, -0.05) is 18.2 Å². The number of benzene rings is 2. The van der Waals surface area contributed by atoms with Crippen molar-refractivity contribution in [2.75, 3.05) is 18.6 Å². The molecule has 0 fully saturated rings. The van der Waals surface area contributed by atoms with E-state index >= 15 is 0 Å². The smallest absolute Gasteiger partial charge is 0.332 e. The summed E-state index contributed by atoms with van der Waals surface area (Å²) in [5.41, 5.74) is 2.42. The van der Waals surface area contributed by atoms with Crippen LogP contribution in [-0.2, 0) is 20.1 Å². The van der Waals surface area contributed by atoms with Crippen LogP contribution in [0.1, 0.15) is 11.1 Å². The van der Waals surface area contributed by atoms with Gasteiger partial charge in [-0.2, -0.15) is 4.98 Å². The number of nitrogens with zero attached hydrogens (tertiary/aromatic N) is 5. The lowest BCUT2D eigenvalue weighted by atomic mass is 10.2. The molecule has 0 aliphatic carbocycles. The third kappa shape index (κ3) is 3.00. The maximum Gasteiger partial charge on any atom is 0.332 e. The van der Waals surface area contributed by atoms with E-state index in [0.717, 1.165) is 11.3 Å². The van der Waals surface area contributed by atoms with Crippen molar-refractivity contribution < 1.29 is 9.13 Å². The zero-order valence-corrected chi connectivity index (χ0v) is 18.0. The predicted molar refractivity (Wildman–Crippen MR) is 119 cm³/mol. The lowest BCUT2D eigenvalue weighted by Gasteiger charge is -2.19. The summed E-state index contributed by atoms with van der Waals surface area (Å²) in [6.45, 7) is 3.22. The van der Waals surface area contributed by atoms with E-state index in [4.69, 9.17) is 4.74 Å². The van der Waals surface area contributed by atoms with Crippen molar-refractivity contribution in [1.29, 1.82) is 0 Å². The molecule has 3 heterocycles. The molecule has 5 rings (SSSR count). The van der Waals surface area contributed by atoms with E-state index in [1.54, 1.807) is 26.3 Å². The molecule has 0 saturated carbocycles. The Bertz CT molecular complexity index is 1470. The van der Waals surface area contributed by atoms with Gasteiger partial charge >= 0.3 is 5.69 Å². The van der Waals surface area contributed by atoms with Gasteiger partial charge in [-0.25, -0.2) is 9.18 Å².